The number of nitrogens with one attached hydrogen (secondary N) is 1. The third-order valence-corrected chi connectivity index (χ3v) is 4.89. The summed E-state index contributed by atoms with van der Waals surface area (Å²) in [5, 5.41) is 12.9. The first kappa shape index (κ1) is 14.2. The molecule has 1 unspecified atom stereocenters. The largest absolute Gasteiger partial charge is 0.842 e. The van der Waals surface area contributed by atoms with Crippen LogP contribution in [0, 0.1) is 0 Å². The zero-order valence-electron chi connectivity index (χ0n) is 11.7. The van der Waals surface area contributed by atoms with Gasteiger partial charge in [-0.15, -0.1) is 11.3 Å². The van der Waals surface area contributed by atoms with E-state index in [9.17, 15) is 9.90 Å². The summed E-state index contributed by atoms with van der Waals surface area (Å²) in [4.78, 5) is 19.7. The monoisotopic (exact) mass is 347 g/mol. The van der Waals surface area contributed by atoms with E-state index < -0.39 is 5.56 Å². The maximum Gasteiger partial charge on any atom is 0.457 e. The van der Waals surface area contributed by atoms with Crippen molar-refractivity contribution in [1.29, 1.82) is 0 Å². The molecule has 6 nitrogen and oxygen atoms in total. The maximum absolute atomic E-state index is 12.9. The number of aromatic amines is 1. The zero-order chi connectivity index (χ0) is 16.0. The first-order valence-electron chi connectivity index (χ1n) is 6.83. The molecule has 4 rings (SSSR count). The van der Waals surface area contributed by atoms with Crippen LogP contribution in [0.3, 0.4) is 0 Å². The maximum atomic E-state index is 12.9. The van der Waals surface area contributed by atoms with E-state index in [1.807, 2.05) is 6.07 Å². The molecule has 0 amide bonds. The Morgan fingerprint density at radius 2 is 2.17 bits per heavy atom. The molecule has 1 aliphatic rings. The number of H-pyrrole nitrogens is 1. The standard InChI is InChI=1S/C15H10ClN3O3S/c16-14-17-6-10(23-14)9-7-22-15-18-12(20)11(13(21)19(9)15)8-4-2-1-3-5-8/h1-6,9H,7H2,(H,20,21). The summed E-state index contributed by atoms with van der Waals surface area (Å²) < 4.78 is 7.32. The number of hydrogen-bond acceptors (Lipinski definition) is 5. The molecule has 2 aromatic heterocycles. The van der Waals surface area contributed by atoms with E-state index in [0.717, 1.165) is 4.88 Å². The van der Waals surface area contributed by atoms with Gasteiger partial charge in [-0.3, -0.25) is 0 Å². The number of aromatic nitrogens is 3. The van der Waals surface area contributed by atoms with Crippen molar-refractivity contribution in [1.82, 2.24) is 9.97 Å². The minimum absolute atomic E-state index is 0.0977. The van der Waals surface area contributed by atoms with E-state index in [1.165, 1.54) is 15.9 Å². The molecule has 1 aliphatic heterocycles. The van der Waals surface area contributed by atoms with Gasteiger partial charge in [0.15, 0.2) is 10.5 Å². The van der Waals surface area contributed by atoms with Gasteiger partial charge in [0.05, 0.1) is 10.8 Å². The smallest absolute Gasteiger partial charge is 0.457 e. The Morgan fingerprint density at radius 3 is 2.87 bits per heavy atom. The molecular formula is C15H10ClN3O3S. The Morgan fingerprint density at radius 1 is 1.39 bits per heavy atom. The second kappa shape index (κ2) is 5.36. The quantitative estimate of drug-likeness (QED) is 0.712. The lowest BCUT2D eigenvalue weighted by Crippen LogP contribution is -2.43. The van der Waals surface area contributed by atoms with Crippen molar-refractivity contribution in [3.05, 3.63) is 56.2 Å². The molecule has 0 radical (unpaired) electrons. The molecule has 3 heterocycles. The highest BCUT2D eigenvalue weighted by atomic mass is 35.5. The van der Waals surface area contributed by atoms with Gasteiger partial charge in [0.25, 0.3) is 0 Å². The number of thiazole rings is 1. The molecule has 0 bridgehead atoms. The third kappa shape index (κ3) is 2.29. The number of halogens is 1. The first-order chi connectivity index (χ1) is 11.1. The molecule has 8 heteroatoms. The van der Waals surface area contributed by atoms with Crippen LogP contribution >= 0.6 is 22.9 Å². The minimum Gasteiger partial charge on any atom is -0.842 e. The van der Waals surface area contributed by atoms with Gasteiger partial charge in [0, 0.05) is 6.20 Å². The van der Waals surface area contributed by atoms with Crippen LogP contribution in [0.1, 0.15) is 10.9 Å². The van der Waals surface area contributed by atoms with Crippen molar-refractivity contribution in [3.8, 4) is 23.0 Å². The summed E-state index contributed by atoms with van der Waals surface area (Å²) >= 11 is 7.17. The van der Waals surface area contributed by atoms with Gasteiger partial charge in [0.2, 0.25) is 0 Å². The molecule has 0 saturated carbocycles. The van der Waals surface area contributed by atoms with Crippen molar-refractivity contribution in [2.45, 2.75) is 6.04 Å². The van der Waals surface area contributed by atoms with Crippen molar-refractivity contribution < 1.29 is 14.4 Å². The molecule has 23 heavy (non-hydrogen) atoms. The van der Waals surface area contributed by atoms with Crippen molar-refractivity contribution in [2.24, 2.45) is 0 Å². The first-order valence-corrected chi connectivity index (χ1v) is 8.03. The van der Waals surface area contributed by atoms with Crippen LogP contribution < -0.4 is 20.0 Å². The van der Waals surface area contributed by atoms with E-state index >= 15 is 0 Å². The number of nitrogens with zero attached hydrogens (tertiary/aromatic N) is 2. The van der Waals surface area contributed by atoms with Gasteiger partial charge in [-0.05, 0) is 5.56 Å². The topological polar surface area (TPSA) is 81.9 Å². The Kier molecular flexibility index (Phi) is 3.32. The highest BCUT2D eigenvalue weighted by molar-refractivity contribution is 7.15. The van der Waals surface area contributed by atoms with Crippen LogP contribution in [0.4, 0.5) is 0 Å². The normalized spacial score (nSPS) is 16.1. The van der Waals surface area contributed by atoms with Gasteiger partial charge in [-0.1, -0.05) is 41.9 Å². The van der Waals surface area contributed by atoms with Crippen LogP contribution in [0.25, 0.3) is 11.1 Å². The SMILES string of the molecule is O=c1[nH]c2[n+](c([O-])c1-c1ccccc1)C(c1cnc(Cl)s1)CO2. The molecule has 0 spiro atoms. The predicted octanol–water partition coefficient (Wildman–Crippen LogP) is 1.49. The van der Waals surface area contributed by atoms with Gasteiger partial charge >= 0.3 is 11.6 Å². The fraction of sp³-hybridized carbons (Fsp3) is 0.133. The summed E-state index contributed by atoms with van der Waals surface area (Å²) in [6, 6.07) is 8.66. The molecule has 116 valence electrons. The highest BCUT2D eigenvalue weighted by Gasteiger charge is 2.36. The number of benzene rings is 1. The lowest BCUT2D eigenvalue weighted by atomic mass is 10.1. The van der Waals surface area contributed by atoms with Gasteiger partial charge in [-0.2, -0.15) is 9.55 Å². The van der Waals surface area contributed by atoms with Gasteiger partial charge < -0.3 is 9.84 Å². The van der Waals surface area contributed by atoms with E-state index in [0.29, 0.717) is 10.0 Å². The number of hydrogen-bond donors (Lipinski definition) is 1. The lowest BCUT2D eigenvalue weighted by Gasteiger charge is -2.15. The predicted molar refractivity (Wildman–Crippen MR) is 82.9 cm³/mol. The van der Waals surface area contributed by atoms with Crippen molar-refractivity contribution >= 4 is 22.9 Å². The summed E-state index contributed by atoms with van der Waals surface area (Å²) in [6.45, 7) is 0.252. The summed E-state index contributed by atoms with van der Waals surface area (Å²) in [5.41, 5.74) is 0.206. The molecular weight excluding hydrogens is 338 g/mol. The van der Waals surface area contributed by atoms with Crippen molar-refractivity contribution in [2.75, 3.05) is 6.61 Å². The molecule has 1 N–H and O–H groups in total. The zero-order valence-corrected chi connectivity index (χ0v) is 13.2. The highest BCUT2D eigenvalue weighted by Crippen LogP contribution is 2.31. The Balaban J connectivity index is 1.92. The van der Waals surface area contributed by atoms with Crippen LogP contribution in [0.2, 0.25) is 4.47 Å². The van der Waals surface area contributed by atoms with Gasteiger partial charge in [-0.25, -0.2) is 9.78 Å². The molecule has 3 aromatic rings. The Bertz CT molecular complexity index is 939. The van der Waals surface area contributed by atoms with Crippen molar-refractivity contribution in [3.63, 3.8) is 0 Å². The number of fused-ring (bicyclic) bond motifs is 1. The Hall–Kier alpha value is -2.38. The van der Waals surface area contributed by atoms with E-state index in [-0.39, 0.29) is 30.1 Å². The minimum atomic E-state index is -0.463. The van der Waals surface area contributed by atoms with E-state index in [2.05, 4.69) is 9.97 Å². The average molecular weight is 348 g/mol. The average Bonchev–Trinajstić information content (AvgIpc) is 3.14. The molecule has 0 fully saturated rings. The van der Waals surface area contributed by atoms with Crippen LogP contribution in [0.5, 0.6) is 11.9 Å². The molecule has 1 aromatic carbocycles. The van der Waals surface area contributed by atoms with Gasteiger partial charge in [0.1, 0.15) is 12.2 Å². The fourth-order valence-electron chi connectivity index (χ4n) is 2.64. The summed E-state index contributed by atoms with van der Waals surface area (Å²) in [7, 11) is 0. The van der Waals surface area contributed by atoms with Crippen LogP contribution in [0.15, 0.2) is 41.3 Å². The second-order valence-electron chi connectivity index (χ2n) is 5.02. The van der Waals surface area contributed by atoms with E-state index in [1.54, 1.807) is 30.5 Å². The molecule has 0 aliphatic carbocycles. The molecule has 1 atom stereocenters. The second-order valence-corrected chi connectivity index (χ2v) is 6.66. The molecule has 0 saturated heterocycles. The van der Waals surface area contributed by atoms with Crippen LogP contribution in [-0.2, 0) is 0 Å². The summed E-state index contributed by atoms with van der Waals surface area (Å²) in [5.74, 6) is -0.387. The Labute approximate surface area is 139 Å². The number of ether oxygens (including phenoxy) is 1. The number of rotatable bonds is 2. The van der Waals surface area contributed by atoms with E-state index in [4.69, 9.17) is 16.3 Å². The lowest BCUT2D eigenvalue weighted by molar-refractivity contribution is -0.735. The van der Waals surface area contributed by atoms with Crippen LogP contribution in [-0.4, -0.2) is 16.6 Å². The summed E-state index contributed by atoms with van der Waals surface area (Å²) in [6.07, 6.45) is 1.62. The third-order valence-electron chi connectivity index (χ3n) is 3.67. The fourth-order valence-corrected chi connectivity index (χ4v) is 3.67.